The van der Waals surface area contributed by atoms with Crippen molar-refractivity contribution in [2.24, 2.45) is 0 Å². The van der Waals surface area contributed by atoms with Gasteiger partial charge < -0.3 is 4.74 Å². The van der Waals surface area contributed by atoms with Crippen molar-refractivity contribution in [2.75, 3.05) is 0 Å². The van der Waals surface area contributed by atoms with Crippen LogP contribution < -0.4 is 0 Å². The number of rotatable bonds is 4. The largest absolute Gasteiger partial charge is 0.426 e. The fourth-order valence-electron chi connectivity index (χ4n) is 1.66. The average Bonchev–Trinajstić information content (AvgIpc) is 2.89. The van der Waals surface area contributed by atoms with Gasteiger partial charge in [0.15, 0.2) is 0 Å². The molecule has 0 fully saturated rings. The zero-order valence-corrected chi connectivity index (χ0v) is 11.9. The summed E-state index contributed by atoms with van der Waals surface area (Å²) in [6, 6.07) is 6.34. The molecule has 0 aliphatic rings. The fraction of sp³-hybridized carbons (Fsp3) is 0.231. The topological polar surface area (TPSA) is 78.3 Å². The smallest absolute Gasteiger partial charge is 0.305 e. The Morgan fingerprint density at radius 1 is 1.30 bits per heavy atom. The van der Waals surface area contributed by atoms with Crippen molar-refractivity contribution in [3.05, 3.63) is 48.5 Å². The van der Waals surface area contributed by atoms with E-state index in [1.807, 2.05) is 6.92 Å². The minimum absolute atomic E-state index is 0.0862. The third-order valence-corrected chi connectivity index (χ3v) is 4.45. The van der Waals surface area contributed by atoms with Crippen LogP contribution in [0.1, 0.15) is 18.0 Å². The number of aryl methyl sites for hydroxylation is 1. The molecule has 1 aromatic carbocycles. The molecule has 2 aromatic rings. The third kappa shape index (κ3) is 2.88. The van der Waals surface area contributed by atoms with Gasteiger partial charge in [0.1, 0.15) is 0 Å². The lowest BCUT2D eigenvalue weighted by molar-refractivity contribution is -0.145. The van der Waals surface area contributed by atoms with E-state index in [1.165, 1.54) is 35.4 Å². The predicted molar refractivity (Wildman–Crippen MR) is 71.4 cm³/mol. The number of esters is 1. The van der Waals surface area contributed by atoms with Crippen molar-refractivity contribution < 1.29 is 17.9 Å². The number of hydrogen-bond acceptors (Lipinski definition) is 5. The summed E-state index contributed by atoms with van der Waals surface area (Å²) in [6.45, 7) is 3.02. The monoisotopic (exact) mass is 294 g/mol. The molecular formula is C13H14N2O4S. The summed E-state index contributed by atoms with van der Waals surface area (Å²) in [6.07, 6.45) is 4.14. The maximum Gasteiger partial charge on any atom is 0.305 e. The van der Waals surface area contributed by atoms with Crippen LogP contribution in [0.15, 0.2) is 47.9 Å². The molecule has 6 nitrogen and oxygen atoms in total. The Kier molecular flexibility index (Phi) is 3.89. The Morgan fingerprint density at radius 2 is 1.95 bits per heavy atom. The molecule has 1 unspecified atom stereocenters. The number of imidazole rings is 1. The van der Waals surface area contributed by atoms with Gasteiger partial charge in [-0.25, -0.2) is 13.4 Å². The van der Waals surface area contributed by atoms with Crippen LogP contribution in [0.3, 0.4) is 0 Å². The van der Waals surface area contributed by atoms with Crippen molar-refractivity contribution in [2.45, 2.75) is 24.3 Å². The van der Waals surface area contributed by atoms with Gasteiger partial charge in [-0.05, 0) is 19.1 Å². The first-order valence-corrected chi connectivity index (χ1v) is 7.41. The Hall–Kier alpha value is -2.15. The molecule has 7 heteroatoms. The molecule has 0 amide bonds. The number of benzene rings is 1. The zero-order chi connectivity index (χ0) is 14.8. The SMILES string of the molecule is CC(=O)OC(n1ccnc1)S(=O)(=O)c1ccc(C)cc1. The van der Waals surface area contributed by atoms with Gasteiger partial charge in [0, 0.05) is 19.3 Å². The summed E-state index contributed by atoms with van der Waals surface area (Å²) in [7, 11) is -3.86. The van der Waals surface area contributed by atoms with Crippen molar-refractivity contribution >= 4 is 15.8 Å². The summed E-state index contributed by atoms with van der Waals surface area (Å²) in [5, 5.41) is 0. The highest BCUT2D eigenvalue weighted by Gasteiger charge is 2.31. The molecule has 0 N–H and O–H groups in total. The van der Waals surface area contributed by atoms with E-state index in [9.17, 15) is 13.2 Å². The van der Waals surface area contributed by atoms with Crippen LogP contribution in [-0.4, -0.2) is 23.9 Å². The summed E-state index contributed by atoms with van der Waals surface area (Å²) in [5.74, 6) is -0.681. The molecule has 1 atom stereocenters. The zero-order valence-electron chi connectivity index (χ0n) is 11.1. The Balaban J connectivity index is 2.46. The van der Waals surface area contributed by atoms with Gasteiger partial charge in [0.25, 0.3) is 5.56 Å². The van der Waals surface area contributed by atoms with Gasteiger partial charge in [-0.1, -0.05) is 17.7 Å². The third-order valence-electron chi connectivity index (χ3n) is 2.65. The number of carbonyl (C=O) groups is 1. The van der Waals surface area contributed by atoms with Gasteiger partial charge in [0.2, 0.25) is 9.84 Å². The number of aromatic nitrogens is 2. The summed E-state index contributed by atoms with van der Waals surface area (Å²) in [4.78, 5) is 15.0. The maximum atomic E-state index is 12.6. The summed E-state index contributed by atoms with van der Waals surface area (Å²) < 4.78 is 31.3. The Morgan fingerprint density at radius 3 is 2.45 bits per heavy atom. The number of ether oxygens (including phenoxy) is 1. The summed E-state index contributed by atoms with van der Waals surface area (Å²) >= 11 is 0. The van der Waals surface area contributed by atoms with Crippen molar-refractivity contribution in [1.82, 2.24) is 9.55 Å². The van der Waals surface area contributed by atoms with Gasteiger partial charge in [0.05, 0.1) is 11.2 Å². The van der Waals surface area contributed by atoms with Crippen LogP contribution in [0, 0.1) is 6.92 Å². The number of nitrogens with zero attached hydrogens (tertiary/aromatic N) is 2. The van der Waals surface area contributed by atoms with Crippen LogP contribution in [0.4, 0.5) is 0 Å². The maximum absolute atomic E-state index is 12.6. The number of hydrogen-bond donors (Lipinski definition) is 0. The van der Waals surface area contributed by atoms with E-state index in [4.69, 9.17) is 4.74 Å². The molecular weight excluding hydrogens is 280 g/mol. The highest BCUT2D eigenvalue weighted by molar-refractivity contribution is 7.91. The van der Waals surface area contributed by atoms with E-state index in [0.717, 1.165) is 12.5 Å². The molecule has 0 aliphatic carbocycles. The van der Waals surface area contributed by atoms with Crippen LogP contribution >= 0.6 is 0 Å². The van der Waals surface area contributed by atoms with Crippen LogP contribution in [0.25, 0.3) is 0 Å². The number of sulfone groups is 1. The molecule has 0 aliphatic heterocycles. The standard InChI is InChI=1S/C13H14N2O4S/c1-10-3-5-12(6-4-10)20(17,18)13(19-11(2)16)15-8-7-14-9-15/h3-9,13H,1-2H3. The van der Waals surface area contributed by atoms with Crippen LogP contribution in [0.5, 0.6) is 0 Å². The van der Waals surface area contributed by atoms with Gasteiger partial charge >= 0.3 is 5.97 Å². The first-order chi connectivity index (χ1) is 9.41. The first-order valence-electron chi connectivity index (χ1n) is 5.86. The molecule has 0 bridgehead atoms. The second-order valence-corrected chi connectivity index (χ2v) is 6.25. The van der Waals surface area contributed by atoms with E-state index in [-0.39, 0.29) is 4.90 Å². The molecule has 20 heavy (non-hydrogen) atoms. The molecule has 1 heterocycles. The van der Waals surface area contributed by atoms with E-state index in [0.29, 0.717) is 0 Å². The highest BCUT2D eigenvalue weighted by atomic mass is 32.2. The van der Waals surface area contributed by atoms with E-state index >= 15 is 0 Å². The minimum Gasteiger partial charge on any atom is -0.426 e. The van der Waals surface area contributed by atoms with E-state index in [1.54, 1.807) is 12.1 Å². The second kappa shape index (κ2) is 5.46. The highest BCUT2D eigenvalue weighted by Crippen LogP contribution is 2.25. The molecule has 0 radical (unpaired) electrons. The van der Waals surface area contributed by atoms with E-state index < -0.39 is 21.4 Å². The Labute approximate surface area is 116 Å². The lowest BCUT2D eigenvalue weighted by Gasteiger charge is -2.18. The second-order valence-electron chi connectivity index (χ2n) is 4.28. The van der Waals surface area contributed by atoms with E-state index in [2.05, 4.69) is 4.98 Å². The molecule has 0 spiro atoms. The number of carbonyl (C=O) groups excluding carboxylic acids is 1. The molecule has 1 aromatic heterocycles. The van der Waals surface area contributed by atoms with Crippen molar-refractivity contribution in [1.29, 1.82) is 0 Å². The molecule has 106 valence electrons. The minimum atomic E-state index is -3.86. The van der Waals surface area contributed by atoms with Gasteiger partial charge in [-0.3, -0.25) is 9.36 Å². The van der Waals surface area contributed by atoms with Crippen LogP contribution in [-0.2, 0) is 19.4 Å². The lowest BCUT2D eigenvalue weighted by Crippen LogP contribution is -2.24. The molecule has 0 saturated heterocycles. The first kappa shape index (κ1) is 14.3. The van der Waals surface area contributed by atoms with Crippen LogP contribution in [0.2, 0.25) is 0 Å². The molecule has 0 saturated carbocycles. The Bertz CT molecular complexity index is 690. The fourth-order valence-corrected chi connectivity index (χ4v) is 3.12. The van der Waals surface area contributed by atoms with Crippen molar-refractivity contribution in [3.8, 4) is 0 Å². The average molecular weight is 294 g/mol. The lowest BCUT2D eigenvalue weighted by atomic mass is 10.2. The van der Waals surface area contributed by atoms with Gasteiger partial charge in [-0.2, -0.15) is 0 Å². The molecule has 2 rings (SSSR count). The normalized spacial score (nSPS) is 12.9. The van der Waals surface area contributed by atoms with Gasteiger partial charge in [-0.15, -0.1) is 0 Å². The predicted octanol–water partition coefficient (Wildman–Crippen LogP) is 1.68. The quantitative estimate of drug-likeness (QED) is 0.802. The van der Waals surface area contributed by atoms with Crippen molar-refractivity contribution in [3.63, 3.8) is 0 Å². The summed E-state index contributed by atoms with van der Waals surface area (Å²) in [5.41, 5.74) is -0.513.